The molecular formula is C15H20ClNO5SSi. The summed E-state index contributed by atoms with van der Waals surface area (Å²) in [4.78, 5) is 24.0. The van der Waals surface area contributed by atoms with E-state index >= 15 is 0 Å². The van der Waals surface area contributed by atoms with Gasteiger partial charge in [0, 0.05) is 22.9 Å². The van der Waals surface area contributed by atoms with Crippen molar-refractivity contribution in [1.29, 1.82) is 0 Å². The Balaban J connectivity index is 3.59. The smallest absolute Gasteiger partial charge is 0.331 e. The Morgan fingerprint density at radius 1 is 1.25 bits per heavy atom. The highest BCUT2D eigenvalue weighted by molar-refractivity contribution is 7.92. The van der Waals surface area contributed by atoms with Crippen LogP contribution in [0.3, 0.4) is 0 Å². The highest BCUT2D eigenvalue weighted by Gasteiger charge is 2.30. The number of carbonyl (C=O) groups is 2. The number of sulfonamides is 1. The van der Waals surface area contributed by atoms with Gasteiger partial charge in [-0.25, -0.2) is 17.5 Å². The van der Waals surface area contributed by atoms with Gasteiger partial charge < -0.3 is 9.53 Å². The van der Waals surface area contributed by atoms with Crippen molar-refractivity contribution in [2.45, 2.75) is 19.6 Å². The van der Waals surface area contributed by atoms with Gasteiger partial charge in [0.1, 0.15) is 13.5 Å². The third-order valence-electron chi connectivity index (χ3n) is 3.03. The molecule has 0 aliphatic rings. The van der Waals surface area contributed by atoms with Crippen LogP contribution in [0.15, 0.2) is 30.5 Å². The van der Waals surface area contributed by atoms with Gasteiger partial charge >= 0.3 is 5.97 Å². The van der Waals surface area contributed by atoms with Crippen molar-refractivity contribution in [3.05, 3.63) is 41.1 Å². The summed E-state index contributed by atoms with van der Waals surface area (Å²) in [6, 6.07) is 4.42. The second-order valence-corrected chi connectivity index (χ2v) is 13.4. The molecule has 0 saturated heterocycles. The molecule has 1 rings (SSSR count). The van der Waals surface area contributed by atoms with E-state index in [0.29, 0.717) is 0 Å². The predicted octanol–water partition coefficient (Wildman–Crippen LogP) is 2.85. The Hall–Kier alpha value is -1.64. The number of carbonyl (C=O) groups excluding carboxylic acids is 2. The fraction of sp³-hybridized carbons (Fsp3) is 0.333. The summed E-state index contributed by atoms with van der Waals surface area (Å²) in [7, 11) is -4.85. The molecule has 0 spiro atoms. The van der Waals surface area contributed by atoms with E-state index in [1.54, 1.807) is 0 Å². The molecule has 0 aliphatic heterocycles. The fourth-order valence-corrected chi connectivity index (χ4v) is 3.83. The summed E-state index contributed by atoms with van der Waals surface area (Å²) >= 11 is 5.98. The van der Waals surface area contributed by atoms with Crippen LogP contribution in [0.4, 0.5) is 5.69 Å². The largest absolute Gasteiger partial charge is 0.466 e. The number of hydrogen-bond donors (Lipinski definition) is 0. The maximum atomic E-state index is 12.7. The second kappa shape index (κ2) is 7.50. The van der Waals surface area contributed by atoms with Gasteiger partial charge in [0.05, 0.1) is 19.1 Å². The Morgan fingerprint density at radius 2 is 1.83 bits per heavy atom. The molecule has 0 amide bonds. The van der Waals surface area contributed by atoms with Gasteiger partial charge in [-0.15, -0.1) is 0 Å². The van der Waals surface area contributed by atoms with Crippen molar-refractivity contribution in [1.82, 2.24) is 0 Å². The van der Waals surface area contributed by atoms with Crippen molar-refractivity contribution in [2.24, 2.45) is 0 Å². The average molecular weight is 390 g/mol. The number of anilines is 1. The maximum Gasteiger partial charge on any atom is 0.331 e. The number of halogens is 1. The molecule has 0 bridgehead atoms. The fourth-order valence-electron chi connectivity index (χ4n) is 1.85. The van der Waals surface area contributed by atoms with Crippen molar-refractivity contribution in [3.63, 3.8) is 0 Å². The standard InChI is InChI=1S/C15H20ClNO5SSi/c1-22-14(18)8-9-17(23(2,20)21)13-10-11(16)6-7-12(13)15(19)24(3,4)5/h6-10H,1-5H3/b9-8+. The molecule has 0 aromatic heterocycles. The van der Waals surface area contributed by atoms with Crippen LogP contribution in [0, 0.1) is 0 Å². The number of benzene rings is 1. The zero-order valence-corrected chi connectivity index (χ0v) is 16.7. The van der Waals surface area contributed by atoms with Crippen LogP contribution in [-0.4, -0.2) is 41.2 Å². The van der Waals surface area contributed by atoms with E-state index in [2.05, 4.69) is 4.74 Å². The monoisotopic (exact) mass is 389 g/mol. The number of methoxy groups -OCH3 is 1. The van der Waals surface area contributed by atoms with Gasteiger partial charge in [-0.1, -0.05) is 31.2 Å². The van der Waals surface area contributed by atoms with Gasteiger partial charge in [0.15, 0.2) is 0 Å². The first kappa shape index (κ1) is 20.4. The molecule has 0 heterocycles. The summed E-state index contributed by atoms with van der Waals surface area (Å²) in [5.74, 6) is -0.719. The van der Waals surface area contributed by atoms with Crippen LogP contribution in [0.5, 0.6) is 0 Å². The molecular weight excluding hydrogens is 370 g/mol. The van der Waals surface area contributed by atoms with Crippen molar-refractivity contribution in [2.75, 3.05) is 17.7 Å². The molecule has 1 aromatic rings. The van der Waals surface area contributed by atoms with Crippen LogP contribution in [0.1, 0.15) is 10.4 Å². The van der Waals surface area contributed by atoms with Gasteiger partial charge in [-0.05, 0) is 18.2 Å². The van der Waals surface area contributed by atoms with E-state index in [0.717, 1.165) is 22.8 Å². The number of nitrogens with zero attached hydrogens (tertiary/aromatic N) is 1. The molecule has 0 N–H and O–H groups in total. The molecule has 0 unspecified atom stereocenters. The van der Waals surface area contributed by atoms with Gasteiger partial charge in [0.2, 0.25) is 10.0 Å². The Labute approximate surface area is 148 Å². The molecule has 24 heavy (non-hydrogen) atoms. The second-order valence-electron chi connectivity index (χ2n) is 6.14. The summed E-state index contributed by atoms with van der Waals surface area (Å²) in [6.45, 7) is 5.59. The molecule has 132 valence electrons. The van der Waals surface area contributed by atoms with Crippen LogP contribution < -0.4 is 4.31 Å². The summed E-state index contributed by atoms with van der Waals surface area (Å²) < 4.78 is 29.6. The van der Waals surface area contributed by atoms with Gasteiger partial charge in [-0.2, -0.15) is 0 Å². The average Bonchev–Trinajstić information content (AvgIpc) is 2.44. The van der Waals surface area contributed by atoms with E-state index in [-0.39, 0.29) is 21.7 Å². The van der Waals surface area contributed by atoms with Crippen LogP contribution in [0.25, 0.3) is 0 Å². The third-order valence-corrected chi connectivity index (χ3v) is 5.93. The normalized spacial score (nSPS) is 12.2. The van der Waals surface area contributed by atoms with Crippen LogP contribution in [0.2, 0.25) is 24.7 Å². The summed E-state index contributed by atoms with van der Waals surface area (Å²) in [5, 5.41) is 0.159. The zero-order chi connectivity index (χ0) is 18.7. The minimum absolute atomic E-state index is 0.109. The first-order valence-electron chi connectivity index (χ1n) is 6.98. The highest BCUT2D eigenvalue weighted by Crippen LogP contribution is 2.29. The summed E-state index contributed by atoms with van der Waals surface area (Å²) in [5.41, 5.74) is 0.357. The van der Waals surface area contributed by atoms with Gasteiger partial charge in [0.25, 0.3) is 0 Å². The minimum Gasteiger partial charge on any atom is -0.466 e. The SMILES string of the molecule is COC(=O)/C=C/N(c1cc(Cl)ccc1C(=O)[Si](C)(C)C)S(C)(=O)=O. The third kappa shape index (κ3) is 5.18. The minimum atomic E-state index is -3.80. The van der Waals surface area contributed by atoms with Crippen LogP contribution >= 0.6 is 11.6 Å². The highest BCUT2D eigenvalue weighted by atomic mass is 35.5. The number of rotatable bonds is 6. The molecule has 0 atom stereocenters. The lowest BCUT2D eigenvalue weighted by Gasteiger charge is -2.23. The first-order valence-corrected chi connectivity index (χ1v) is 12.7. The Kier molecular flexibility index (Phi) is 6.37. The van der Waals surface area contributed by atoms with Crippen LogP contribution in [-0.2, 0) is 19.6 Å². The summed E-state index contributed by atoms with van der Waals surface area (Å²) in [6.07, 6.45) is 2.98. The lowest BCUT2D eigenvalue weighted by atomic mass is 10.2. The van der Waals surface area contributed by atoms with E-state index in [1.807, 2.05) is 19.6 Å². The molecule has 1 aromatic carbocycles. The lowest BCUT2D eigenvalue weighted by molar-refractivity contribution is -0.134. The molecule has 0 saturated carbocycles. The van der Waals surface area contributed by atoms with E-state index in [9.17, 15) is 18.0 Å². The van der Waals surface area contributed by atoms with Crippen molar-refractivity contribution >= 4 is 46.8 Å². The van der Waals surface area contributed by atoms with Crippen molar-refractivity contribution < 1.29 is 22.7 Å². The molecule has 0 fully saturated rings. The number of esters is 1. The van der Waals surface area contributed by atoms with E-state index in [4.69, 9.17) is 11.6 Å². The van der Waals surface area contributed by atoms with Crippen molar-refractivity contribution in [3.8, 4) is 0 Å². The maximum absolute atomic E-state index is 12.7. The molecule has 9 heteroatoms. The quantitative estimate of drug-likeness (QED) is 0.424. The Bertz CT molecular complexity index is 784. The van der Waals surface area contributed by atoms with Gasteiger partial charge in [-0.3, -0.25) is 0 Å². The van der Waals surface area contributed by atoms with E-state index < -0.39 is 24.1 Å². The zero-order valence-electron chi connectivity index (χ0n) is 14.2. The molecule has 0 aliphatic carbocycles. The first-order chi connectivity index (χ1) is 10.9. The predicted molar refractivity (Wildman–Crippen MR) is 97.6 cm³/mol. The molecule has 6 nitrogen and oxygen atoms in total. The Morgan fingerprint density at radius 3 is 2.29 bits per heavy atom. The van der Waals surface area contributed by atoms with E-state index in [1.165, 1.54) is 25.3 Å². The molecule has 0 radical (unpaired) electrons. The number of ether oxygens (including phenoxy) is 1. The lowest BCUT2D eigenvalue weighted by Crippen LogP contribution is -2.35. The topological polar surface area (TPSA) is 80.8 Å². The number of hydrogen-bond acceptors (Lipinski definition) is 5.